The fourth-order valence-electron chi connectivity index (χ4n) is 2.85. The summed E-state index contributed by atoms with van der Waals surface area (Å²) in [5, 5.41) is 1.30. The van der Waals surface area contributed by atoms with Gasteiger partial charge in [0.1, 0.15) is 30.0 Å². The molecule has 0 atom stereocenters. The number of halogens is 3. The number of ether oxygens (including phenoxy) is 1. The van der Waals surface area contributed by atoms with E-state index in [9.17, 15) is 9.18 Å². The van der Waals surface area contributed by atoms with Crippen LogP contribution >= 0.6 is 23.2 Å². The summed E-state index contributed by atoms with van der Waals surface area (Å²) in [6.07, 6.45) is 1.41. The van der Waals surface area contributed by atoms with Crippen molar-refractivity contribution in [3.8, 4) is 16.9 Å². The second-order valence-corrected chi connectivity index (χ2v) is 6.98. The molecule has 4 rings (SSSR count). The highest BCUT2D eigenvalue weighted by atomic mass is 35.5. The van der Waals surface area contributed by atoms with Crippen LogP contribution in [0.4, 0.5) is 4.39 Å². The van der Waals surface area contributed by atoms with Crippen molar-refractivity contribution in [2.45, 2.75) is 6.61 Å². The van der Waals surface area contributed by atoms with Crippen molar-refractivity contribution in [3.63, 3.8) is 0 Å². The molecule has 0 unspecified atom stereocenters. The van der Waals surface area contributed by atoms with Gasteiger partial charge in [-0.25, -0.2) is 4.39 Å². The highest BCUT2D eigenvalue weighted by Gasteiger charge is 2.12. The zero-order valence-electron chi connectivity index (χ0n) is 14.4. The maximum atomic E-state index is 13.9. The number of fused-ring (bicyclic) bond motifs is 1. The van der Waals surface area contributed by atoms with Gasteiger partial charge in [0.05, 0.1) is 16.0 Å². The molecule has 0 amide bonds. The third-order valence-corrected chi connectivity index (χ3v) is 4.95. The molecule has 140 valence electrons. The normalized spacial score (nSPS) is 11.0. The van der Waals surface area contributed by atoms with Crippen LogP contribution in [0.5, 0.6) is 5.75 Å². The van der Waals surface area contributed by atoms with Crippen LogP contribution in [0.1, 0.15) is 5.56 Å². The molecule has 0 aliphatic rings. The molecule has 0 bridgehead atoms. The summed E-state index contributed by atoms with van der Waals surface area (Å²) in [6, 6.07) is 16.3. The first-order valence-corrected chi connectivity index (χ1v) is 9.16. The molecule has 0 saturated carbocycles. The monoisotopic (exact) mass is 414 g/mol. The number of benzene rings is 3. The minimum absolute atomic E-state index is 0.0376. The molecule has 0 N–H and O–H groups in total. The summed E-state index contributed by atoms with van der Waals surface area (Å²) in [6.45, 7) is -0.0376. The fourth-order valence-corrected chi connectivity index (χ4v) is 3.20. The van der Waals surface area contributed by atoms with Crippen LogP contribution in [0.15, 0.2) is 76.1 Å². The van der Waals surface area contributed by atoms with Crippen LogP contribution < -0.4 is 10.2 Å². The summed E-state index contributed by atoms with van der Waals surface area (Å²) in [5.74, 6) is 0.00152. The van der Waals surface area contributed by atoms with Crippen LogP contribution in [0.25, 0.3) is 22.1 Å². The quantitative estimate of drug-likeness (QED) is 0.383. The van der Waals surface area contributed by atoms with Gasteiger partial charge in [0.15, 0.2) is 5.43 Å². The van der Waals surface area contributed by atoms with E-state index in [-0.39, 0.29) is 17.6 Å². The van der Waals surface area contributed by atoms with Crippen molar-refractivity contribution < 1.29 is 13.5 Å². The zero-order valence-corrected chi connectivity index (χ0v) is 15.9. The first-order valence-electron chi connectivity index (χ1n) is 8.40. The van der Waals surface area contributed by atoms with E-state index in [4.69, 9.17) is 32.4 Å². The van der Waals surface area contributed by atoms with E-state index >= 15 is 0 Å². The second kappa shape index (κ2) is 7.66. The number of rotatable bonds is 4. The van der Waals surface area contributed by atoms with Gasteiger partial charge < -0.3 is 9.15 Å². The maximum Gasteiger partial charge on any atom is 0.200 e. The van der Waals surface area contributed by atoms with Gasteiger partial charge in [-0.15, -0.1) is 0 Å². The molecular weight excluding hydrogens is 402 g/mol. The van der Waals surface area contributed by atoms with Crippen LogP contribution in [0.2, 0.25) is 10.0 Å². The lowest BCUT2D eigenvalue weighted by Gasteiger charge is -2.09. The van der Waals surface area contributed by atoms with Crippen molar-refractivity contribution >= 4 is 34.2 Å². The van der Waals surface area contributed by atoms with E-state index < -0.39 is 5.82 Å². The minimum atomic E-state index is -0.438. The van der Waals surface area contributed by atoms with Crippen LogP contribution in [0, 0.1) is 5.82 Å². The Morgan fingerprint density at radius 1 is 1.00 bits per heavy atom. The number of hydrogen-bond donors (Lipinski definition) is 0. The van der Waals surface area contributed by atoms with Crippen molar-refractivity contribution in [1.82, 2.24) is 0 Å². The van der Waals surface area contributed by atoms with Gasteiger partial charge in [-0.2, -0.15) is 0 Å². The molecule has 1 aromatic heterocycles. The molecule has 4 aromatic rings. The fraction of sp³-hybridized carbons (Fsp3) is 0.0455. The lowest BCUT2D eigenvalue weighted by Crippen LogP contribution is -2.05. The van der Waals surface area contributed by atoms with E-state index in [2.05, 4.69) is 0 Å². The molecule has 0 fully saturated rings. The van der Waals surface area contributed by atoms with Gasteiger partial charge in [0, 0.05) is 16.7 Å². The molecule has 1 heterocycles. The molecule has 0 aliphatic heterocycles. The van der Waals surface area contributed by atoms with Crippen LogP contribution in [-0.2, 0) is 6.61 Å². The van der Waals surface area contributed by atoms with Gasteiger partial charge in [-0.3, -0.25) is 4.79 Å². The Balaban J connectivity index is 1.64. The average molecular weight is 415 g/mol. The Hall–Kier alpha value is -2.82. The predicted octanol–water partition coefficient (Wildman–Crippen LogP) is 6.48. The van der Waals surface area contributed by atoms with Crippen LogP contribution in [0.3, 0.4) is 0 Å². The van der Waals surface area contributed by atoms with E-state index in [1.807, 2.05) is 0 Å². The van der Waals surface area contributed by atoms with Crippen molar-refractivity contribution in [1.29, 1.82) is 0 Å². The van der Waals surface area contributed by atoms with E-state index in [0.29, 0.717) is 32.3 Å². The molecule has 0 spiro atoms. The van der Waals surface area contributed by atoms with Gasteiger partial charge in [-0.1, -0.05) is 41.4 Å². The molecule has 6 heteroatoms. The molecule has 0 radical (unpaired) electrons. The number of hydrogen-bond acceptors (Lipinski definition) is 3. The van der Waals surface area contributed by atoms with Crippen molar-refractivity contribution in [3.05, 3.63) is 98.6 Å². The Kier molecular flexibility index (Phi) is 5.07. The smallest absolute Gasteiger partial charge is 0.200 e. The van der Waals surface area contributed by atoms with Gasteiger partial charge >= 0.3 is 0 Å². The highest BCUT2D eigenvalue weighted by Crippen LogP contribution is 2.26. The first kappa shape index (κ1) is 18.5. The lowest BCUT2D eigenvalue weighted by molar-refractivity contribution is 0.300. The Morgan fingerprint density at radius 2 is 1.79 bits per heavy atom. The van der Waals surface area contributed by atoms with Gasteiger partial charge in [-0.05, 0) is 42.0 Å². The summed E-state index contributed by atoms with van der Waals surface area (Å²) < 4.78 is 25.1. The topological polar surface area (TPSA) is 39.4 Å². The second-order valence-electron chi connectivity index (χ2n) is 6.13. The first-order chi connectivity index (χ1) is 13.5. The summed E-state index contributed by atoms with van der Waals surface area (Å²) in [5.41, 5.74) is 1.64. The summed E-state index contributed by atoms with van der Waals surface area (Å²) in [7, 11) is 0. The van der Waals surface area contributed by atoms with E-state index in [1.54, 1.807) is 48.5 Å². The third kappa shape index (κ3) is 3.61. The highest BCUT2D eigenvalue weighted by molar-refractivity contribution is 6.31. The van der Waals surface area contributed by atoms with Gasteiger partial charge in [0.2, 0.25) is 0 Å². The minimum Gasteiger partial charge on any atom is -0.489 e. The zero-order chi connectivity index (χ0) is 19.7. The predicted molar refractivity (Wildman–Crippen MR) is 109 cm³/mol. The molecular formula is C22H13Cl2FO3. The Bertz CT molecular complexity index is 1200. The summed E-state index contributed by atoms with van der Waals surface area (Å²) in [4.78, 5) is 12.8. The standard InChI is InChI=1S/C22H13Cl2FO3/c23-14-6-4-13(5-7-14)17-11-28-21-10-15(8-9-16(21)22(17)26)27-12-18-19(24)2-1-3-20(18)25/h1-11H,12H2. The van der Waals surface area contributed by atoms with Gasteiger partial charge in [0.25, 0.3) is 0 Å². The lowest BCUT2D eigenvalue weighted by atomic mass is 10.1. The Labute approximate surface area is 169 Å². The SMILES string of the molecule is O=c1c(-c2ccc(Cl)cc2)coc2cc(OCc3c(F)cccc3Cl)ccc12. The third-order valence-electron chi connectivity index (χ3n) is 4.35. The molecule has 28 heavy (non-hydrogen) atoms. The molecule has 0 saturated heterocycles. The van der Waals surface area contributed by atoms with Crippen LogP contribution in [-0.4, -0.2) is 0 Å². The van der Waals surface area contributed by atoms with E-state index in [0.717, 1.165) is 5.56 Å². The maximum absolute atomic E-state index is 13.9. The van der Waals surface area contributed by atoms with Crippen molar-refractivity contribution in [2.24, 2.45) is 0 Å². The molecule has 3 nitrogen and oxygen atoms in total. The van der Waals surface area contributed by atoms with Crippen molar-refractivity contribution in [2.75, 3.05) is 0 Å². The average Bonchev–Trinajstić information content (AvgIpc) is 2.69. The molecule has 3 aromatic carbocycles. The Morgan fingerprint density at radius 3 is 2.54 bits per heavy atom. The largest absolute Gasteiger partial charge is 0.489 e. The van der Waals surface area contributed by atoms with E-state index in [1.165, 1.54) is 18.4 Å². The molecule has 0 aliphatic carbocycles. The summed E-state index contributed by atoms with van der Waals surface area (Å²) >= 11 is 11.9.